The van der Waals surface area contributed by atoms with Crippen molar-refractivity contribution in [2.24, 2.45) is 4.99 Å². The molecule has 0 aliphatic rings. The van der Waals surface area contributed by atoms with Gasteiger partial charge in [0.1, 0.15) is 4.21 Å². The second-order valence-electron chi connectivity index (χ2n) is 6.08. The highest BCUT2D eigenvalue weighted by molar-refractivity contribution is 14.0. The van der Waals surface area contributed by atoms with E-state index in [2.05, 4.69) is 33.1 Å². The lowest BCUT2D eigenvalue weighted by Crippen LogP contribution is -2.38. The maximum atomic E-state index is 12.6. The molecule has 2 aromatic heterocycles. The van der Waals surface area contributed by atoms with Gasteiger partial charge in [-0.1, -0.05) is 19.9 Å². The first-order valence-corrected chi connectivity index (χ1v) is 12.8. The molecule has 0 unspecified atom stereocenters. The third kappa shape index (κ3) is 8.16. The van der Waals surface area contributed by atoms with Crippen LogP contribution in [0.3, 0.4) is 0 Å². The third-order valence-electron chi connectivity index (χ3n) is 4.15. The number of rotatable bonds is 11. The molecule has 6 nitrogen and oxygen atoms in total. The highest BCUT2D eigenvalue weighted by atomic mass is 127. The van der Waals surface area contributed by atoms with Crippen LogP contribution in [0, 0.1) is 0 Å². The number of hydrogen-bond donors (Lipinski definition) is 2. The molecule has 2 aromatic rings. The van der Waals surface area contributed by atoms with Gasteiger partial charge in [0.05, 0.1) is 0 Å². The van der Waals surface area contributed by atoms with E-state index in [9.17, 15) is 8.42 Å². The van der Waals surface area contributed by atoms with Gasteiger partial charge in [-0.25, -0.2) is 8.42 Å². The van der Waals surface area contributed by atoms with Crippen molar-refractivity contribution in [3.63, 3.8) is 0 Å². The zero-order valence-corrected chi connectivity index (χ0v) is 22.0. The van der Waals surface area contributed by atoms with Crippen molar-refractivity contribution < 1.29 is 8.42 Å². The topological polar surface area (TPSA) is 73.8 Å². The van der Waals surface area contributed by atoms with E-state index in [-0.39, 0.29) is 24.0 Å². The minimum absolute atomic E-state index is 0. The predicted octanol–water partition coefficient (Wildman–Crippen LogP) is 3.80. The quantitative estimate of drug-likeness (QED) is 0.245. The Morgan fingerprint density at radius 1 is 1.07 bits per heavy atom. The third-order valence-corrected chi connectivity index (χ3v) is 8.75. The normalized spacial score (nSPS) is 12.1. The van der Waals surface area contributed by atoms with Gasteiger partial charge in [0.2, 0.25) is 0 Å². The number of sulfonamides is 1. The summed E-state index contributed by atoms with van der Waals surface area (Å²) in [4.78, 5) is 6.99. The molecule has 0 spiro atoms. The van der Waals surface area contributed by atoms with Gasteiger partial charge in [-0.3, -0.25) is 4.99 Å². The van der Waals surface area contributed by atoms with Crippen molar-refractivity contribution >= 4 is 62.6 Å². The lowest BCUT2D eigenvalue weighted by molar-refractivity contribution is 0.447. The van der Waals surface area contributed by atoms with E-state index in [4.69, 9.17) is 0 Å². The Bertz CT molecular complexity index is 832. The summed E-state index contributed by atoms with van der Waals surface area (Å²) in [5.41, 5.74) is 0. The van der Waals surface area contributed by atoms with Crippen LogP contribution >= 0.6 is 46.7 Å². The number of thiophene rings is 2. The Balaban J connectivity index is 0.00000420. The molecule has 2 N–H and O–H groups in total. The Kier molecular flexibility index (Phi) is 12.3. The minimum atomic E-state index is -3.37. The molecule has 0 atom stereocenters. The Morgan fingerprint density at radius 3 is 2.45 bits per heavy atom. The summed E-state index contributed by atoms with van der Waals surface area (Å²) in [6, 6.07) is 7.81. The summed E-state index contributed by atoms with van der Waals surface area (Å²) in [6.45, 7) is 8.98. The fourth-order valence-electron chi connectivity index (χ4n) is 2.70. The van der Waals surface area contributed by atoms with Crippen molar-refractivity contribution in [3.05, 3.63) is 39.4 Å². The van der Waals surface area contributed by atoms with Crippen LogP contribution in [0.1, 0.15) is 30.5 Å². The van der Waals surface area contributed by atoms with E-state index in [0.717, 1.165) is 36.8 Å². The highest BCUT2D eigenvalue weighted by Crippen LogP contribution is 2.25. The Labute approximate surface area is 199 Å². The molecular formula is C19H31IN4O2S3. The molecule has 164 valence electrons. The summed E-state index contributed by atoms with van der Waals surface area (Å²) >= 11 is 3.10. The zero-order valence-electron chi connectivity index (χ0n) is 17.2. The fourth-order valence-corrected chi connectivity index (χ4v) is 6.37. The van der Waals surface area contributed by atoms with Crippen LogP contribution < -0.4 is 10.6 Å². The van der Waals surface area contributed by atoms with Gasteiger partial charge < -0.3 is 10.6 Å². The molecule has 0 aliphatic heterocycles. The van der Waals surface area contributed by atoms with E-state index < -0.39 is 10.0 Å². The van der Waals surface area contributed by atoms with E-state index in [0.29, 0.717) is 23.8 Å². The van der Waals surface area contributed by atoms with Gasteiger partial charge in [0.25, 0.3) is 10.0 Å². The standard InChI is InChI=1S/C19H30N4O2S3.HI/c1-4-20-19(21-13-11-16-8-7-15-26-16)22-14-12-17-9-10-18(27-17)28(24,25)23(5-2)6-3;/h7-10,15H,4-6,11-14H2,1-3H3,(H2,20,21,22);1H. The Hall–Kier alpha value is -0.690. The van der Waals surface area contributed by atoms with Gasteiger partial charge >= 0.3 is 0 Å². The van der Waals surface area contributed by atoms with Crippen LogP contribution in [0.5, 0.6) is 0 Å². The summed E-state index contributed by atoms with van der Waals surface area (Å²) in [5.74, 6) is 0.798. The Morgan fingerprint density at radius 2 is 1.83 bits per heavy atom. The zero-order chi connectivity index (χ0) is 20.4. The maximum Gasteiger partial charge on any atom is 0.252 e. The largest absolute Gasteiger partial charge is 0.357 e. The molecule has 0 amide bonds. The van der Waals surface area contributed by atoms with Crippen molar-refractivity contribution in [2.75, 3.05) is 32.7 Å². The molecule has 0 fully saturated rings. The molecule has 0 saturated heterocycles. The summed E-state index contributed by atoms with van der Waals surface area (Å²) < 4.78 is 27.1. The number of guanidine groups is 1. The highest BCUT2D eigenvalue weighted by Gasteiger charge is 2.23. The average Bonchev–Trinajstić information content (AvgIpc) is 3.35. The smallest absolute Gasteiger partial charge is 0.252 e. The van der Waals surface area contributed by atoms with Crippen LogP contribution in [0.25, 0.3) is 0 Å². The van der Waals surface area contributed by atoms with Crippen LogP contribution in [0.2, 0.25) is 0 Å². The molecule has 0 aliphatic carbocycles. The van der Waals surface area contributed by atoms with Crippen LogP contribution in [0.15, 0.2) is 38.8 Å². The molecule has 2 heterocycles. The van der Waals surface area contributed by atoms with Crippen LogP contribution in [-0.2, 0) is 22.9 Å². The molecule has 29 heavy (non-hydrogen) atoms. The molecule has 0 saturated carbocycles. The van der Waals surface area contributed by atoms with Crippen molar-refractivity contribution in [1.82, 2.24) is 14.9 Å². The first kappa shape index (κ1) is 26.3. The predicted molar refractivity (Wildman–Crippen MR) is 136 cm³/mol. The second kappa shape index (κ2) is 13.6. The second-order valence-corrected chi connectivity index (χ2v) is 10.4. The van der Waals surface area contributed by atoms with Gasteiger partial charge in [-0.05, 0) is 36.9 Å². The van der Waals surface area contributed by atoms with Crippen LogP contribution in [0.4, 0.5) is 0 Å². The number of nitrogens with one attached hydrogen (secondary N) is 2. The summed E-state index contributed by atoms with van der Waals surface area (Å²) in [5, 5.41) is 8.66. The molecule has 2 rings (SSSR count). The van der Waals surface area contributed by atoms with Gasteiger partial charge in [-0.15, -0.1) is 46.7 Å². The monoisotopic (exact) mass is 570 g/mol. The van der Waals surface area contributed by atoms with E-state index in [1.807, 2.05) is 26.8 Å². The van der Waals surface area contributed by atoms with E-state index in [1.54, 1.807) is 17.4 Å². The molecule has 0 radical (unpaired) electrons. The number of nitrogens with zero attached hydrogens (tertiary/aromatic N) is 2. The van der Waals surface area contributed by atoms with Gasteiger partial charge in [0.15, 0.2) is 5.96 Å². The summed E-state index contributed by atoms with van der Waals surface area (Å²) in [7, 11) is -3.37. The lowest BCUT2D eigenvalue weighted by atomic mass is 10.3. The average molecular weight is 571 g/mol. The van der Waals surface area contributed by atoms with Gasteiger partial charge in [0, 0.05) is 48.9 Å². The number of halogens is 1. The van der Waals surface area contributed by atoms with Crippen molar-refractivity contribution in [1.29, 1.82) is 0 Å². The van der Waals surface area contributed by atoms with Gasteiger partial charge in [-0.2, -0.15) is 4.31 Å². The van der Waals surface area contributed by atoms with Crippen molar-refractivity contribution in [2.45, 2.75) is 37.8 Å². The molecule has 0 aromatic carbocycles. The SMILES string of the molecule is CCNC(=NCCc1cccs1)NCCc1ccc(S(=O)(=O)N(CC)CC)s1.I. The molecule has 10 heteroatoms. The first-order chi connectivity index (χ1) is 13.5. The van der Waals surface area contributed by atoms with E-state index in [1.165, 1.54) is 20.5 Å². The summed E-state index contributed by atoms with van der Waals surface area (Å²) in [6.07, 6.45) is 1.69. The van der Waals surface area contributed by atoms with E-state index >= 15 is 0 Å². The number of hydrogen-bond acceptors (Lipinski definition) is 5. The molecular weight excluding hydrogens is 539 g/mol. The first-order valence-electron chi connectivity index (χ1n) is 9.64. The molecule has 0 bridgehead atoms. The van der Waals surface area contributed by atoms with Crippen molar-refractivity contribution in [3.8, 4) is 0 Å². The lowest BCUT2D eigenvalue weighted by Gasteiger charge is -2.16. The minimum Gasteiger partial charge on any atom is -0.357 e. The maximum absolute atomic E-state index is 12.6. The van der Waals surface area contributed by atoms with Crippen LogP contribution in [-0.4, -0.2) is 51.4 Å². The fraction of sp³-hybridized carbons (Fsp3) is 0.526. The number of aliphatic imine (C=N–C) groups is 1.